The van der Waals surface area contributed by atoms with Gasteiger partial charge in [0.05, 0.1) is 17.7 Å². The Bertz CT molecular complexity index is 595. The highest BCUT2D eigenvalue weighted by Gasteiger charge is 2.09. The topological polar surface area (TPSA) is 53.6 Å². The quantitative estimate of drug-likeness (QED) is 0.794. The molecule has 1 unspecified atom stereocenters. The average molecular weight is 282 g/mol. The van der Waals surface area contributed by atoms with E-state index in [2.05, 4.69) is 29.5 Å². The van der Waals surface area contributed by atoms with E-state index in [1.54, 1.807) is 0 Å². The number of aromatic nitrogens is 2. The van der Waals surface area contributed by atoms with Crippen LogP contribution in [0, 0.1) is 25.2 Å². The van der Waals surface area contributed by atoms with Crippen molar-refractivity contribution in [3.8, 4) is 6.07 Å². The Labute approximate surface area is 126 Å². The Morgan fingerprint density at radius 3 is 2.67 bits per heavy atom. The molecule has 4 heteroatoms. The highest BCUT2D eigenvalue weighted by Crippen LogP contribution is 2.13. The molecule has 0 amide bonds. The zero-order valence-electron chi connectivity index (χ0n) is 12.7. The summed E-state index contributed by atoms with van der Waals surface area (Å²) in [5, 5.41) is 17.1. The highest BCUT2D eigenvalue weighted by atomic mass is 15.3. The van der Waals surface area contributed by atoms with Gasteiger partial charge in [-0.15, -0.1) is 0 Å². The second kappa shape index (κ2) is 7.61. The first-order chi connectivity index (χ1) is 10.2. The third kappa shape index (κ3) is 4.44. The van der Waals surface area contributed by atoms with Gasteiger partial charge in [-0.2, -0.15) is 10.4 Å². The highest BCUT2D eigenvalue weighted by molar-refractivity contribution is 5.24. The molecular formula is C17H22N4. The monoisotopic (exact) mass is 282 g/mol. The van der Waals surface area contributed by atoms with Gasteiger partial charge in [-0.05, 0) is 38.4 Å². The first-order valence-corrected chi connectivity index (χ1v) is 7.37. The summed E-state index contributed by atoms with van der Waals surface area (Å²) in [6, 6.07) is 14.4. The number of nitrogens with one attached hydrogen (secondary N) is 1. The van der Waals surface area contributed by atoms with Gasteiger partial charge in [-0.3, -0.25) is 4.68 Å². The lowest BCUT2D eigenvalue weighted by atomic mass is 10.0. The van der Waals surface area contributed by atoms with E-state index in [0.29, 0.717) is 6.54 Å². The fourth-order valence-corrected chi connectivity index (χ4v) is 2.42. The molecule has 0 aliphatic rings. The fraction of sp³-hybridized carbons (Fsp3) is 0.412. The van der Waals surface area contributed by atoms with E-state index in [-0.39, 0.29) is 5.92 Å². The number of benzene rings is 1. The molecule has 2 rings (SSSR count). The molecule has 0 aliphatic heterocycles. The molecule has 0 fully saturated rings. The number of hydrogen-bond donors (Lipinski definition) is 1. The maximum atomic E-state index is 9.25. The van der Waals surface area contributed by atoms with Gasteiger partial charge in [0.2, 0.25) is 0 Å². The van der Waals surface area contributed by atoms with Crippen molar-refractivity contribution in [3.63, 3.8) is 0 Å². The summed E-state index contributed by atoms with van der Waals surface area (Å²) in [5.74, 6) is -0.0834. The molecule has 0 saturated carbocycles. The van der Waals surface area contributed by atoms with Crippen molar-refractivity contribution < 1.29 is 0 Å². The van der Waals surface area contributed by atoms with Gasteiger partial charge in [-0.25, -0.2) is 0 Å². The van der Waals surface area contributed by atoms with Crippen LogP contribution in [-0.2, 0) is 6.54 Å². The minimum absolute atomic E-state index is 0.0834. The van der Waals surface area contributed by atoms with Gasteiger partial charge in [0.25, 0.3) is 0 Å². The van der Waals surface area contributed by atoms with Crippen LogP contribution in [0.3, 0.4) is 0 Å². The van der Waals surface area contributed by atoms with E-state index < -0.39 is 0 Å². The van der Waals surface area contributed by atoms with Crippen LogP contribution in [0.2, 0.25) is 0 Å². The van der Waals surface area contributed by atoms with Crippen molar-refractivity contribution in [1.29, 1.82) is 5.26 Å². The maximum absolute atomic E-state index is 9.25. The van der Waals surface area contributed by atoms with E-state index in [9.17, 15) is 5.26 Å². The molecule has 21 heavy (non-hydrogen) atoms. The predicted octanol–water partition coefficient (Wildman–Crippen LogP) is 2.79. The Balaban J connectivity index is 1.72. The zero-order chi connectivity index (χ0) is 15.1. The Morgan fingerprint density at radius 2 is 2.05 bits per heavy atom. The summed E-state index contributed by atoms with van der Waals surface area (Å²) in [6.45, 7) is 6.59. The Morgan fingerprint density at radius 1 is 1.29 bits per heavy atom. The fourth-order valence-electron chi connectivity index (χ4n) is 2.42. The van der Waals surface area contributed by atoms with Crippen molar-refractivity contribution >= 4 is 0 Å². The smallest absolute Gasteiger partial charge is 0.0837 e. The van der Waals surface area contributed by atoms with E-state index in [4.69, 9.17) is 0 Å². The third-order valence-corrected chi connectivity index (χ3v) is 3.53. The van der Waals surface area contributed by atoms with Crippen molar-refractivity contribution in [3.05, 3.63) is 53.3 Å². The summed E-state index contributed by atoms with van der Waals surface area (Å²) in [4.78, 5) is 0. The van der Waals surface area contributed by atoms with E-state index >= 15 is 0 Å². The predicted molar refractivity (Wildman–Crippen MR) is 84.0 cm³/mol. The number of rotatable bonds is 7. The molecule has 0 saturated heterocycles. The van der Waals surface area contributed by atoms with Gasteiger partial charge in [-0.1, -0.05) is 30.3 Å². The molecular weight excluding hydrogens is 260 g/mol. The molecule has 1 N–H and O–H groups in total. The summed E-state index contributed by atoms with van der Waals surface area (Å²) in [5.41, 5.74) is 3.34. The second-order valence-corrected chi connectivity index (χ2v) is 5.30. The number of nitriles is 1. The molecule has 0 radical (unpaired) electrons. The first kappa shape index (κ1) is 15.3. The molecule has 110 valence electrons. The molecule has 0 bridgehead atoms. The lowest BCUT2D eigenvalue weighted by molar-refractivity contribution is 0.528. The lowest BCUT2D eigenvalue weighted by Gasteiger charge is -2.11. The number of aryl methyl sites for hydroxylation is 3. The molecule has 1 heterocycles. The van der Waals surface area contributed by atoms with Crippen LogP contribution in [0.15, 0.2) is 36.4 Å². The molecule has 0 spiro atoms. The Hall–Kier alpha value is -2.12. The van der Waals surface area contributed by atoms with Crippen LogP contribution in [0.4, 0.5) is 0 Å². The largest absolute Gasteiger partial charge is 0.315 e. The van der Waals surface area contributed by atoms with E-state index in [1.165, 1.54) is 5.69 Å². The molecule has 1 atom stereocenters. The maximum Gasteiger partial charge on any atom is 0.0837 e. The summed E-state index contributed by atoms with van der Waals surface area (Å²) in [6.07, 6.45) is 1.01. The van der Waals surface area contributed by atoms with Crippen LogP contribution in [0.1, 0.15) is 29.3 Å². The first-order valence-electron chi connectivity index (χ1n) is 7.37. The molecule has 1 aromatic carbocycles. The normalized spacial score (nSPS) is 12.0. The van der Waals surface area contributed by atoms with Gasteiger partial charge < -0.3 is 5.32 Å². The van der Waals surface area contributed by atoms with Crippen molar-refractivity contribution in [2.24, 2.45) is 0 Å². The van der Waals surface area contributed by atoms with Crippen LogP contribution < -0.4 is 5.32 Å². The molecule has 1 aromatic heterocycles. The van der Waals surface area contributed by atoms with E-state index in [1.807, 2.05) is 41.9 Å². The zero-order valence-corrected chi connectivity index (χ0v) is 12.7. The Kier molecular flexibility index (Phi) is 5.53. The van der Waals surface area contributed by atoms with Crippen LogP contribution in [0.5, 0.6) is 0 Å². The van der Waals surface area contributed by atoms with Gasteiger partial charge in [0.1, 0.15) is 0 Å². The average Bonchev–Trinajstić information content (AvgIpc) is 2.82. The van der Waals surface area contributed by atoms with Crippen molar-refractivity contribution in [2.45, 2.75) is 32.7 Å². The van der Waals surface area contributed by atoms with Crippen molar-refractivity contribution in [2.75, 3.05) is 13.1 Å². The summed E-state index contributed by atoms with van der Waals surface area (Å²) in [7, 11) is 0. The SMILES string of the molecule is Cc1cc(C)n(CCCNCC(C#N)c2ccccc2)n1. The second-order valence-electron chi connectivity index (χ2n) is 5.30. The summed E-state index contributed by atoms with van der Waals surface area (Å²) < 4.78 is 2.04. The minimum Gasteiger partial charge on any atom is -0.315 e. The molecule has 4 nitrogen and oxygen atoms in total. The van der Waals surface area contributed by atoms with Gasteiger partial charge in [0.15, 0.2) is 0 Å². The van der Waals surface area contributed by atoms with E-state index in [0.717, 1.165) is 30.8 Å². The molecule has 2 aromatic rings. The van der Waals surface area contributed by atoms with Crippen LogP contribution >= 0.6 is 0 Å². The minimum atomic E-state index is -0.0834. The third-order valence-electron chi connectivity index (χ3n) is 3.53. The number of nitrogens with zero attached hydrogens (tertiary/aromatic N) is 3. The van der Waals surface area contributed by atoms with Crippen LogP contribution in [0.25, 0.3) is 0 Å². The number of hydrogen-bond acceptors (Lipinski definition) is 3. The van der Waals surface area contributed by atoms with Crippen molar-refractivity contribution in [1.82, 2.24) is 15.1 Å². The van der Waals surface area contributed by atoms with Crippen LogP contribution in [-0.4, -0.2) is 22.9 Å². The van der Waals surface area contributed by atoms with Gasteiger partial charge in [0, 0.05) is 18.8 Å². The lowest BCUT2D eigenvalue weighted by Crippen LogP contribution is -2.23. The standard InChI is InChI=1S/C17H22N4/c1-14-11-15(2)21(20-14)10-6-9-19-13-17(12-18)16-7-4-3-5-8-16/h3-5,7-8,11,17,19H,6,9-10,13H2,1-2H3. The summed E-state index contributed by atoms with van der Waals surface area (Å²) >= 11 is 0. The molecule has 0 aliphatic carbocycles. The van der Waals surface area contributed by atoms with Gasteiger partial charge >= 0.3 is 0 Å².